The van der Waals surface area contributed by atoms with Crippen molar-refractivity contribution in [2.75, 3.05) is 7.05 Å². The van der Waals surface area contributed by atoms with E-state index < -0.39 is 23.5 Å². The fraction of sp³-hybridized carbons (Fsp3) is 0.154. The summed E-state index contributed by atoms with van der Waals surface area (Å²) >= 11 is 5.49. The minimum atomic E-state index is -0.824. The van der Waals surface area contributed by atoms with Gasteiger partial charge in [0, 0.05) is 17.3 Å². The number of pyridine rings is 1. The average molecular weight is 287 g/mol. The molecular formula is C13H10ClF3N2. The maximum absolute atomic E-state index is 13.9. The van der Waals surface area contributed by atoms with Crippen molar-refractivity contribution in [3.8, 4) is 0 Å². The Labute approximate surface area is 113 Å². The molecule has 1 unspecified atom stereocenters. The van der Waals surface area contributed by atoms with Gasteiger partial charge in [-0.1, -0.05) is 11.6 Å². The van der Waals surface area contributed by atoms with Crippen LogP contribution < -0.4 is 5.32 Å². The first-order valence-electron chi connectivity index (χ1n) is 5.45. The van der Waals surface area contributed by atoms with E-state index in [2.05, 4.69) is 10.3 Å². The van der Waals surface area contributed by atoms with Crippen molar-refractivity contribution in [2.24, 2.45) is 0 Å². The van der Waals surface area contributed by atoms with Gasteiger partial charge >= 0.3 is 0 Å². The van der Waals surface area contributed by atoms with Crippen molar-refractivity contribution in [2.45, 2.75) is 6.04 Å². The third kappa shape index (κ3) is 2.72. The molecular weight excluding hydrogens is 277 g/mol. The summed E-state index contributed by atoms with van der Waals surface area (Å²) in [7, 11) is 1.52. The van der Waals surface area contributed by atoms with Crippen LogP contribution in [0.5, 0.6) is 0 Å². The normalized spacial score (nSPS) is 12.5. The van der Waals surface area contributed by atoms with Crippen LogP contribution in [0.1, 0.15) is 17.2 Å². The number of hydrogen-bond acceptors (Lipinski definition) is 2. The zero-order valence-electron chi connectivity index (χ0n) is 9.92. The van der Waals surface area contributed by atoms with Gasteiger partial charge in [-0.25, -0.2) is 13.2 Å². The zero-order chi connectivity index (χ0) is 14.0. The molecule has 1 aromatic carbocycles. The molecule has 2 rings (SSSR count). The van der Waals surface area contributed by atoms with Gasteiger partial charge in [0.1, 0.15) is 17.5 Å². The van der Waals surface area contributed by atoms with Gasteiger partial charge in [0.15, 0.2) is 0 Å². The Morgan fingerprint density at radius 1 is 1.11 bits per heavy atom. The van der Waals surface area contributed by atoms with Crippen molar-refractivity contribution in [1.29, 1.82) is 0 Å². The molecule has 1 N–H and O–H groups in total. The number of nitrogens with zero attached hydrogens (tertiary/aromatic N) is 1. The summed E-state index contributed by atoms with van der Waals surface area (Å²) in [5, 5.41) is 2.43. The lowest BCUT2D eigenvalue weighted by Gasteiger charge is -2.18. The average Bonchev–Trinajstić information content (AvgIpc) is 2.38. The van der Waals surface area contributed by atoms with E-state index in [4.69, 9.17) is 11.6 Å². The van der Waals surface area contributed by atoms with E-state index in [-0.39, 0.29) is 16.1 Å². The quantitative estimate of drug-likeness (QED) is 0.874. The van der Waals surface area contributed by atoms with Gasteiger partial charge in [-0.3, -0.25) is 4.98 Å². The van der Waals surface area contributed by atoms with Crippen molar-refractivity contribution >= 4 is 11.6 Å². The van der Waals surface area contributed by atoms with Gasteiger partial charge in [-0.05, 0) is 25.2 Å². The van der Waals surface area contributed by atoms with Crippen LogP contribution in [0, 0.1) is 17.5 Å². The Hall–Kier alpha value is -1.59. The van der Waals surface area contributed by atoms with Crippen LogP contribution >= 0.6 is 11.6 Å². The SMILES string of the molecule is CNC(c1ccncc1F)c1cc(F)c(Cl)cc1F. The van der Waals surface area contributed by atoms with E-state index in [0.29, 0.717) is 0 Å². The number of halogens is 4. The summed E-state index contributed by atoms with van der Waals surface area (Å²) in [5.74, 6) is -2.06. The van der Waals surface area contributed by atoms with Gasteiger partial charge in [0.2, 0.25) is 0 Å². The number of benzene rings is 1. The standard InChI is InChI=1S/C13H10ClF3N2/c1-18-13(7-2-3-19-6-12(7)17)8-4-11(16)9(14)5-10(8)15/h2-6,13,18H,1H3. The Morgan fingerprint density at radius 3 is 2.47 bits per heavy atom. The molecule has 0 aliphatic rings. The van der Waals surface area contributed by atoms with Crippen LogP contribution in [0.15, 0.2) is 30.6 Å². The maximum Gasteiger partial charge on any atom is 0.146 e. The van der Waals surface area contributed by atoms with E-state index in [9.17, 15) is 13.2 Å². The first-order valence-corrected chi connectivity index (χ1v) is 5.83. The summed E-state index contributed by atoms with van der Waals surface area (Å²) < 4.78 is 41.0. The lowest BCUT2D eigenvalue weighted by Crippen LogP contribution is -2.20. The molecule has 0 radical (unpaired) electrons. The predicted octanol–water partition coefficient (Wildman–Crippen LogP) is 3.46. The minimum Gasteiger partial charge on any atom is -0.309 e. The van der Waals surface area contributed by atoms with E-state index in [1.54, 1.807) is 0 Å². The summed E-state index contributed by atoms with van der Waals surface area (Å²) in [4.78, 5) is 3.62. The molecule has 0 fully saturated rings. The molecule has 2 nitrogen and oxygen atoms in total. The van der Waals surface area contributed by atoms with Crippen molar-refractivity contribution in [1.82, 2.24) is 10.3 Å². The Morgan fingerprint density at radius 2 is 1.84 bits per heavy atom. The lowest BCUT2D eigenvalue weighted by molar-refractivity contribution is 0.535. The molecule has 0 spiro atoms. The molecule has 1 heterocycles. The third-order valence-corrected chi connectivity index (χ3v) is 3.04. The highest BCUT2D eigenvalue weighted by molar-refractivity contribution is 6.30. The Kier molecular flexibility index (Phi) is 4.07. The highest BCUT2D eigenvalue weighted by atomic mass is 35.5. The molecule has 0 aliphatic heterocycles. The number of rotatable bonds is 3. The van der Waals surface area contributed by atoms with Crippen LogP contribution in [0.4, 0.5) is 13.2 Å². The molecule has 6 heteroatoms. The molecule has 1 atom stereocenters. The van der Waals surface area contributed by atoms with Gasteiger partial charge in [-0.2, -0.15) is 0 Å². The molecule has 100 valence electrons. The summed E-state index contributed by atoms with van der Waals surface area (Å²) in [5.41, 5.74) is 0.160. The highest BCUT2D eigenvalue weighted by Crippen LogP contribution is 2.29. The van der Waals surface area contributed by atoms with Crippen molar-refractivity contribution in [3.63, 3.8) is 0 Å². The van der Waals surface area contributed by atoms with Crippen molar-refractivity contribution < 1.29 is 13.2 Å². The summed E-state index contributed by atoms with van der Waals surface area (Å²) in [6.45, 7) is 0. The molecule has 0 saturated carbocycles. The molecule has 0 saturated heterocycles. The molecule has 19 heavy (non-hydrogen) atoms. The largest absolute Gasteiger partial charge is 0.309 e. The van der Waals surface area contributed by atoms with Gasteiger partial charge < -0.3 is 5.32 Å². The van der Waals surface area contributed by atoms with E-state index in [1.807, 2.05) is 0 Å². The van der Waals surface area contributed by atoms with E-state index in [1.165, 1.54) is 19.3 Å². The first kappa shape index (κ1) is 13.8. The predicted molar refractivity (Wildman–Crippen MR) is 66.5 cm³/mol. The second kappa shape index (κ2) is 5.59. The third-order valence-electron chi connectivity index (χ3n) is 2.75. The molecule has 0 bridgehead atoms. The number of nitrogens with one attached hydrogen (secondary N) is 1. The fourth-order valence-corrected chi connectivity index (χ4v) is 2.01. The smallest absolute Gasteiger partial charge is 0.146 e. The van der Waals surface area contributed by atoms with Gasteiger partial charge in [0.05, 0.1) is 17.3 Å². The monoisotopic (exact) mass is 286 g/mol. The van der Waals surface area contributed by atoms with E-state index in [0.717, 1.165) is 18.3 Å². The summed E-state index contributed by atoms with van der Waals surface area (Å²) in [6, 6.07) is 2.41. The van der Waals surface area contributed by atoms with Crippen LogP contribution in [-0.4, -0.2) is 12.0 Å². The van der Waals surface area contributed by atoms with Crippen molar-refractivity contribution in [3.05, 3.63) is 64.2 Å². The first-order chi connectivity index (χ1) is 9.04. The molecule has 0 aliphatic carbocycles. The van der Waals surface area contributed by atoms with E-state index >= 15 is 0 Å². The lowest BCUT2D eigenvalue weighted by atomic mass is 9.98. The Balaban J connectivity index is 2.55. The maximum atomic E-state index is 13.9. The second-order valence-electron chi connectivity index (χ2n) is 3.91. The van der Waals surface area contributed by atoms with Crippen LogP contribution in [0.2, 0.25) is 5.02 Å². The number of aromatic nitrogens is 1. The Bertz CT molecular complexity index is 604. The molecule has 1 aromatic heterocycles. The van der Waals surface area contributed by atoms with Crippen LogP contribution in [0.25, 0.3) is 0 Å². The van der Waals surface area contributed by atoms with Crippen LogP contribution in [0.3, 0.4) is 0 Å². The summed E-state index contributed by atoms with van der Waals surface area (Å²) in [6.07, 6.45) is 2.40. The van der Waals surface area contributed by atoms with Gasteiger partial charge in [-0.15, -0.1) is 0 Å². The highest BCUT2D eigenvalue weighted by Gasteiger charge is 2.21. The topological polar surface area (TPSA) is 24.9 Å². The molecule has 0 amide bonds. The number of hydrogen-bond donors (Lipinski definition) is 1. The molecule has 2 aromatic rings. The second-order valence-corrected chi connectivity index (χ2v) is 4.31. The fourth-order valence-electron chi connectivity index (χ4n) is 1.86. The zero-order valence-corrected chi connectivity index (χ0v) is 10.7. The van der Waals surface area contributed by atoms with Crippen LogP contribution in [-0.2, 0) is 0 Å². The van der Waals surface area contributed by atoms with Gasteiger partial charge in [0.25, 0.3) is 0 Å². The minimum absolute atomic E-state index is 0.0190.